The lowest BCUT2D eigenvalue weighted by molar-refractivity contribution is -0.122. The number of rotatable bonds is 8. The quantitative estimate of drug-likeness (QED) is 0.367. The molecular weight excluding hydrogens is 420 g/mol. The van der Waals surface area contributed by atoms with E-state index in [1.165, 1.54) is 12.1 Å². The summed E-state index contributed by atoms with van der Waals surface area (Å²) in [4.78, 5) is 38.6. The molecule has 8 heteroatoms. The number of hydrogen-bond acceptors (Lipinski definition) is 5. The number of amides is 4. The number of unbranched alkanes of at least 4 members (excludes halogenated alkanes) is 1. The number of nitrogens with one attached hydrogen (secondary N) is 1. The maximum absolute atomic E-state index is 13.0. The molecule has 3 rings (SSSR count). The van der Waals surface area contributed by atoms with E-state index in [1.807, 2.05) is 6.92 Å². The van der Waals surface area contributed by atoms with Gasteiger partial charge in [0.2, 0.25) is 0 Å². The van der Waals surface area contributed by atoms with Gasteiger partial charge in [0, 0.05) is 5.02 Å². The predicted molar refractivity (Wildman–Crippen MR) is 118 cm³/mol. The van der Waals surface area contributed by atoms with Crippen molar-refractivity contribution >= 4 is 41.2 Å². The van der Waals surface area contributed by atoms with Crippen molar-refractivity contribution in [2.45, 2.75) is 26.7 Å². The minimum absolute atomic E-state index is 0.179. The van der Waals surface area contributed by atoms with E-state index >= 15 is 0 Å². The molecule has 0 bridgehead atoms. The van der Waals surface area contributed by atoms with Crippen LogP contribution in [0.4, 0.5) is 10.5 Å². The van der Waals surface area contributed by atoms with E-state index in [9.17, 15) is 14.4 Å². The number of ether oxygens (including phenoxy) is 2. The first-order chi connectivity index (χ1) is 14.9. The van der Waals surface area contributed by atoms with E-state index < -0.39 is 17.8 Å². The molecule has 0 aliphatic carbocycles. The molecule has 0 radical (unpaired) electrons. The molecular formula is C23H23ClN2O5. The maximum atomic E-state index is 13.0. The number of hydrogen-bond donors (Lipinski definition) is 1. The second kappa shape index (κ2) is 10.1. The number of carbonyl (C=O) groups is 3. The van der Waals surface area contributed by atoms with E-state index in [2.05, 4.69) is 12.2 Å². The third-order valence-corrected chi connectivity index (χ3v) is 4.74. The lowest BCUT2D eigenvalue weighted by Crippen LogP contribution is -2.54. The lowest BCUT2D eigenvalue weighted by Gasteiger charge is -2.26. The third-order valence-electron chi connectivity index (χ3n) is 4.50. The van der Waals surface area contributed by atoms with Crippen LogP contribution in [0, 0.1) is 0 Å². The van der Waals surface area contributed by atoms with Gasteiger partial charge < -0.3 is 9.47 Å². The monoisotopic (exact) mass is 442 g/mol. The maximum Gasteiger partial charge on any atom is 0.335 e. The van der Waals surface area contributed by atoms with Crippen molar-refractivity contribution in [1.82, 2.24) is 5.32 Å². The fourth-order valence-corrected chi connectivity index (χ4v) is 3.19. The average Bonchev–Trinajstić information content (AvgIpc) is 2.73. The highest BCUT2D eigenvalue weighted by Gasteiger charge is 2.36. The first-order valence-corrected chi connectivity index (χ1v) is 10.4. The van der Waals surface area contributed by atoms with Crippen molar-refractivity contribution in [1.29, 1.82) is 0 Å². The molecule has 1 aliphatic rings. The first-order valence-electron chi connectivity index (χ1n) is 10.0. The van der Waals surface area contributed by atoms with Crippen LogP contribution in [0.3, 0.4) is 0 Å². The molecule has 1 saturated heterocycles. The normalized spacial score (nSPS) is 15.3. The lowest BCUT2D eigenvalue weighted by atomic mass is 10.1. The molecule has 0 spiro atoms. The van der Waals surface area contributed by atoms with Gasteiger partial charge in [0.15, 0.2) is 11.5 Å². The summed E-state index contributed by atoms with van der Waals surface area (Å²) in [6.07, 6.45) is 3.34. The fourth-order valence-electron chi connectivity index (χ4n) is 3.00. The van der Waals surface area contributed by atoms with Gasteiger partial charge >= 0.3 is 6.03 Å². The van der Waals surface area contributed by atoms with Crippen molar-refractivity contribution in [3.05, 3.63) is 58.6 Å². The Balaban J connectivity index is 1.93. The number of anilines is 1. The molecule has 1 fully saturated rings. The summed E-state index contributed by atoms with van der Waals surface area (Å²) in [7, 11) is 0. The van der Waals surface area contributed by atoms with Gasteiger partial charge in [-0.2, -0.15) is 0 Å². The number of imide groups is 2. The van der Waals surface area contributed by atoms with Crippen molar-refractivity contribution in [2.24, 2.45) is 0 Å². The molecule has 31 heavy (non-hydrogen) atoms. The van der Waals surface area contributed by atoms with Gasteiger partial charge in [-0.25, -0.2) is 9.69 Å². The SMILES string of the molecule is CCCCOc1ccc(/C=C2\C(=O)NC(=O)N(c3cccc(Cl)c3)C2=O)cc1OCC. The number of carbonyl (C=O) groups excluding carboxylic acids is 3. The molecule has 2 aromatic rings. The summed E-state index contributed by atoms with van der Waals surface area (Å²) in [5.41, 5.74) is 0.648. The summed E-state index contributed by atoms with van der Waals surface area (Å²) in [5, 5.41) is 2.56. The van der Waals surface area contributed by atoms with Gasteiger partial charge in [0.25, 0.3) is 11.8 Å². The Kier molecular flexibility index (Phi) is 7.31. The predicted octanol–water partition coefficient (Wildman–Crippen LogP) is 4.58. The first kappa shape index (κ1) is 22.4. The minimum atomic E-state index is -0.830. The Bertz CT molecular complexity index is 1030. The van der Waals surface area contributed by atoms with Crippen LogP contribution in [-0.4, -0.2) is 31.1 Å². The van der Waals surface area contributed by atoms with E-state index in [1.54, 1.807) is 36.4 Å². The number of benzene rings is 2. The van der Waals surface area contributed by atoms with E-state index in [0.717, 1.165) is 17.7 Å². The number of urea groups is 1. The van der Waals surface area contributed by atoms with E-state index in [0.29, 0.717) is 35.3 Å². The number of nitrogens with zero attached hydrogens (tertiary/aromatic N) is 1. The van der Waals surface area contributed by atoms with Crippen LogP contribution in [0.15, 0.2) is 48.0 Å². The summed E-state index contributed by atoms with van der Waals surface area (Å²) in [6.45, 7) is 4.93. The van der Waals surface area contributed by atoms with Gasteiger partial charge in [0.1, 0.15) is 5.57 Å². The highest BCUT2D eigenvalue weighted by molar-refractivity contribution is 6.39. The molecule has 1 heterocycles. The van der Waals surface area contributed by atoms with Crippen LogP contribution in [0.2, 0.25) is 5.02 Å². The second-order valence-electron chi connectivity index (χ2n) is 6.78. The summed E-state index contributed by atoms with van der Waals surface area (Å²) < 4.78 is 11.4. The molecule has 7 nitrogen and oxygen atoms in total. The van der Waals surface area contributed by atoms with Crippen LogP contribution in [0.5, 0.6) is 11.5 Å². The van der Waals surface area contributed by atoms with E-state index in [4.69, 9.17) is 21.1 Å². The molecule has 0 aromatic heterocycles. The van der Waals surface area contributed by atoms with Gasteiger partial charge in [-0.1, -0.05) is 37.1 Å². The largest absolute Gasteiger partial charge is 0.490 e. The molecule has 2 aromatic carbocycles. The third kappa shape index (κ3) is 5.24. The highest BCUT2D eigenvalue weighted by atomic mass is 35.5. The number of barbiturate groups is 1. The van der Waals surface area contributed by atoms with Crippen molar-refractivity contribution in [3.8, 4) is 11.5 Å². The summed E-state index contributed by atoms with van der Waals surface area (Å²) in [5.74, 6) is -0.404. The van der Waals surface area contributed by atoms with Crippen LogP contribution in [-0.2, 0) is 9.59 Å². The van der Waals surface area contributed by atoms with Crippen LogP contribution < -0.4 is 19.7 Å². The Labute approximate surface area is 185 Å². The Hall–Kier alpha value is -3.32. The average molecular weight is 443 g/mol. The van der Waals surface area contributed by atoms with Gasteiger partial charge in [-0.05, 0) is 55.3 Å². The zero-order valence-corrected chi connectivity index (χ0v) is 18.1. The molecule has 4 amide bonds. The van der Waals surface area contributed by atoms with Crippen molar-refractivity contribution in [2.75, 3.05) is 18.1 Å². The van der Waals surface area contributed by atoms with E-state index in [-0.39, 0.29) is 11.3 Å². The zero-order chi connectivity index (χ0) is 22.4. The Morgan fingerprint density at radius 1 is 1.03 bits per heavy atom. The smallest absolute Gasteiger partial charge is 0.335 e. The zero-order valence-electron chi connectivity index (χ0n) is 17.3. The molecule has 0 unspecified atom stereocenters. The second-order valence-corrected chi connectivity index (χ2v) is 7.22. The summed E-state index contributed by atoms with van der Waals surface area (Å²) in [6, 6.07) is 10.6. The number of halogens is 1. The van der Waals surface area contributed by atoms with Crippen LogP contribution in [0.1, 0.15) is 32.3 Å². The van der Waals surface area contributed by atoms with Gasteiger partial charge in [0.05, 0.1) is 18.9 Å². The Morgan fingerprint density at radius 3 is 2.55 bits per heavy atom. The molecule has 162 valence electrons. The summed E-state index contributed by atoms with van der Waals surface area (Å²) >= 11 is 5.98. The molecule has 0 atom stereocenters. The standard InChI is InChI=1S/C23H23ClN2O5/c1-3-5-11-31-19-10-9-15(13-20(19)30-4-2)12-18-21(27)25-23(29)26(22(18)28)17-8-6-7-16(24)14-17/h6-10,12-14H,3-5,11H2,1-2H3,(H,25,27,29)/b18-12+. The molecule has 1 aliphatic heterocycles. The van der Waals surface area contributed by atoms with Gasteiger partial charge in [-0.15, -0.1) is 0 Å². The topological polar surface area (TPSA) is 84.9 Å². The van der Waals surface area contributed by atoms with Crippen molar-refractivity contribution in [3.63, 3.8) is 0 Å². The highest BCUT2D eigenvalue weighted by Crippen LogP contribution is 2.30. The molecule has 1 N–H and O–H groups in total. The minimum Gasteiger partial charge on any atom is -0.490 e. The van der Waals surface area contributed by atoms with Crippen LogP contribution in [0.25, 0.3) is 6.08 Å². The fraction of sp³-hybridized carbons (Fsp3) is 0.261. The van der Waals surface area contributed by atoms with Crippen LogP contribution >= 0.6 is 11.6 Å². The van der Waals surface area contributed by atoms with Gasteiger partial charge in [-0.3, -0.25) is 14.9 Å². The molecule has 0 saturated carbocycles. The Morgan fingerprint density at radius 2 is 1.84 bits per heavy atom. The van der Waals surface area contributed by atoms with Crippen molar-refractivity contribution < 1.29 is 23.9 Å².